The van der Waals surface area contributed by atoms with Gasteiger partial charge >= 0.3 is 12.0 Å². The molecule has 2 N–H and O–H groups in total. The van der Waals surface area contributed by atoms with Crippen LogP contribution in [0.4, 0.5) is 4.79 Å². The number of carboxylic acid groups (broad SMARTS) is 1. The minimum atomic E-state index is -1.08. The van der Waals surface area contributed by atoms with E-state index >= 15 is 0 Å². The largest absolute Gasteiger partial charge is 0.480 e. The molecule has 0 saturated carbocycles. The van der Waals surface area contributed by atoms with Gasteiger partial charge in [-0.15, -0.1) is 0 Å². The number of carbonyl (C=O) groups is 2. The maximum absolute atomic E-state index is 12.1. The summed E-state index contributed by atoms with van der Waals surface area (Å²) >= 11 is 0. The van der Waals surface area contributed by atoms with Crippen LogP contribution in [0.3, 0.4) is 0 Å². The fourth-order valence-corrected chi connectivity index (χ4v) is 2.32. The summed E-state index contributed by atoms with van der Waals surface area (Å²) in [6.07, 6.45) is 1.23. The highest BCUT2D eigenvalue weighted by Crippen LogP contribution is 2.28. The summed E-state index contributed by atoms with van der Waals surface area (Å²) in [7, 11) is 3.60. The maximum Gasteiger partial charge on any atom is 0.329 e. The molecule has 1 aliphatic heterocycles. The van der Waals surface area contributed by atoms with Crippen molar-refractivity contribution in [1.82, 2.24) is 15.1 Å². The third kappa shape index (κ3) is 4.08. The van der Waals surface area contributed by atoms with Crippen LogP contribution in [0.5, 0.6) is 0 Å². The van der Waals surface area contributed by atoms with Crippen molar-refractivity contribution in [2.75, 3.05) is 46.9 Å². The van der Waals surface area contributed by atoms with Gasteiger partial charge in [0.05, 0.1) is 6.61 Å². The average molecular weight is 287 g/mol. The van der Waals surface area contributed by atoms with E-state index in [-0.39, 0.29) is 6.03 Å². The predicted octanol–water partition coefficient (Wildman–Crippen LogP) is 0.213. The van der Waals surface area contributed by atoms with E-state index in [0.29, 0.717) is 32.7 Å². The summed E-state index contributed by atoms with van der Waals surface area (Å²) in [5.41, 5.74) is -1.08. The lowest BCUT2D eigenvalue weighted by Gasteiger charge is -2.31. The minimum absolute atomic E-state index is 0.299. The first-order valence-electron chi connectivity index (χ1n) is 6.88. The summed E-state index contributed by atoms with van der Waals surface area (Å²) in [5, 5.41) is 12.0. The highest BCUT2D eigenvalue weighted by atomic mass is 16.5. The number of urea groups is 1. The lowest BCUT2D eigenvalue weighted by atomic mass is 10.00. The van der Waals surface area contributed by atoms with E-state index in [1.165, 1.54) is 4.90 Å². The number of rotatable bonds is 7. The van der Waals surface area contributed by atoms with Crippen molar-refractivity contribution in [3.63, 3.8) is 0 Å². The summed E-state index contributed by atoms with van der Waals surface area (Å²) in [6.45, 7) is 4.73. The van der Waals surface area contributed by atoms with Crippen molar-refractivity contribution >= 4 is 12.0 Å². The SMILES string of the molecule is COCCN(C)CCNC(=O)N1CCCC1(C)C(=O)O. The first-order chi connectivity index (χ1) is 9.41. The molecule has 116 valence electrons. The number of amides is 2. The van der Waals surface area contributed by atoms with Gasteiger partial charge in [-0.25, -0.2) is 9.59 Å². The fraction of sp³-hybridized carbons (Fsp3) is 0.846. The van der Waals surface area contributed by atoms with Gasteiger partial charge in [-0.2, -0.15) is 0 Å². The van der Waals surface area contributed by atoms with E-state index in [1.54, 1.807) is 14.0 Å². The van der Waals surface area contributed by atoms with Crippen LogP contribution in [0, 0.1) is 0 Å². The normalized spacial score (nSPS) is 22.3. The fourth-order valence-electron chi connectivity index (χ4n) is 2.32. The quantitative estimate of drug-likeness (QED) is 0.699. The molecule has 0 aromatic heterocycles. The molecule has 0 aromatic rings. The zero-order valence-corrected chi connectivity index (χ0v) is 12.5. The van der Waals surface area contributed by atoms with Gasteiger partial charge in [0.2, 0.25) is 0 Å². The Morgan fingerprint density at radius 2 is 2.15 bits per heavy atom. The second-order valence-corrected chi connectivity index (χ2v) is 5.36. The topological polar surface area (TPSA) is 82.1 Å². The van der Waals surface area contributed by atoms with Crippen LogP contribution in [0.1, 0.15) is 19.8 Å². The molecule has 1 saturated heterocycles. The van der Waals surface area contributed by atoms with Crippen molar-refractivity contribution in [1.29, 1.82) is 0 Å². The number of nitrogens with zero attached hydrogens (tertiary/aromatic N) is 2. The second-order valence-electron chi connectivity index (χ2n) is 5.36. The smallest absolute Gasteiger partial charge is 0.329 e. The number of nitrogens with one attached hydrogen (secondary N) is 1. The first-order valence-corrected chi connectivity index (χ1v) is 6.88. The summed E-state index contributed by atoms with van der Waals surface area (Å²) in [4.78, 5) is 26.8. The zero-order valence-electron chi connectivity index (χ0n) is 12.5. The highest BCUT2D eigenvalue weighted by molar-refractivity contribution is 5.86. The van der Waals surface area contributed by atoms with Gasteiger partial charge in [-0.3, -0.25) is 0 Å². The molecule has 1 unspecified atom stereocenters. The number of hydrogen-bond donors (Lipinski definition) is 2. The number of ether oxygens (including phenoxy) is 1. The van der Waals surface area contributed by atoms with Gasteiger partial charge in [0.1, 0.15) is 5.54 Å². The molecule has 1 fully saturated rings. The Labute approximate surface area is 119 Å². The van der Waals surface area contributed by atoms with Gasteiger partial charge < -0.3 is 25.0 Å². The summed E-state index contributed by atoms with van der Waals surface area (Å²) < 4.78 is 4.97. The Morgan fingerprint density at radius 1 is 1.45 bits per heavy atom. The number of aliphatic carboxylic acids is 1. The molecule has 1 aliphatic rings. The zero-order chi connectivity index (χ0) is 15.2. The predicted molar refractivity (Wildman–Crippen MR) is 74.8 cm³/mol. The van der Waals surface area contributed by atoms with Crippen LogP contribution in [-0.4, -0.2) is 79.4 Å². The van der Waals surface area contributed by atoms with Gasteiger partial charge in [0.15, 0.2) is 0 Å². The number of carboxylic acids is 1. The van der Waals surface area contributed by atoms with Crippen LogP contribution in [-0.2, 0) is 9.53 Å². The molecule has 0 bridgehead atoms. The number of hydrogen-bond acceptors (Lipinski definition) is 4. The number of methoxy groups -OCH3 is 1. The third-order valence-corrected chi connectivity index (χ3v) is 3.79. The average Bonchev–Trinajstić information content (AvgIpc) is 2.79. The van der Waals surface area contributed by atoms with Gasteiger partial charge in [0.25, 0.3) is 0 Å². The number of likely N-dealkylation sites (N-methyl/N-ethyl adjacent to an activating group) is 1. The highest BCUT2D eigenvalue weighted by Gasteiger charge is 2.45. The number of carbonyl (C=O) groups excluding carboxylic acids is 1. The van der Waals surface area contributed by atoms with Gasteiger partial charge in [-0.05, 0) is 26.8 Å². The summed E-state index contributed by atoms with van der Waals surface area (Å²) in [6, 6.07) is -0.299. The summed E-state index contributed by atoms with van der Waals surface area (Å²) in [5.74, 6) is -0.942. The van der Waals surface area contributed by atoms with E-state index in [2.05, 4.69) is 5.32 Å². The molecule has 0 aliphatic carbocycles. The van der Waals surface area contributed by atoms with Crippen LogP contribution in [0.25, 0.3) is 0 Å². The van der Waals surface area contributed by atoms with Gasteiger partial charge in [0, 0.05) is 33.3 Å². The minimum Gasteiger partial charge on any atom is -0.480 e. The molecule has 1 heterocycles. The van der Waals surface area contributed by atoms with E-state index in [0.717, 1.165) is 13.0 Å². The molecular formula is C13H25N3O4. The van der Waals surface area contributed by atoms with E-state index in [4.69, 9.17) is 4.74 Å². The second kappa shape index (κ2) is 7.44. The molecule has 7 nitrogen and oxygen atoms in total. The molecular weight excluding hydrogens is 262 g/mol. The molecule has 0 aromatic carbocycles. The first kappa shape index (κ1) is 16.7. The van der Waals surface area contributed by atoms with Crippen LogP contribution >= 0.6 is 0 Å². The number of likely N-dealkylation sites (tertiary alicyclic amines) is 1. The third-order valence-electron chi connectivity index (χ3n) is 3.79. The van der Waals surface area contributed by atoms with Crippen molar-refractivity contribution < 1.29 is 19.4 Å². The molecule has 0 spiro atoms. The van der Waals surface area contributed by atoms with E-state index < -0.39 is 11.5 Å². The lowest BCUT2D eigenvalue weighted by Crippen LogP contribution is -2.54. The van der Waals surface area contributed by atoms with Crippen LogP contribution < -0.4 is 5.32 Å². The molecule has 7 heteroatoms. The van der Waals surface area contributed by atoms with E-state index in [1.807, 2.05) is 11.9 Å². The molecule has 1 atom stereocenters. The lowest BCUT2D eigenvalue weighted by molar-refractivity contribution is -0.147. The van der Waals surface area contributed by atoms with Crippen molar-refractivity contribution in [3.05, 3.63) is 0 Å². The Balaban J connectivity index is 2.37. The maximum atomic E-state index is 12.1. The van der Waals surface area contributed by atoms with Crippen LogP contribution in [0.15, 0.2) is 0 Å². The standard InChI is InChI=1S/C13H25N3O4/c1-13(11(17)18)5-4-7-16(13)12(19)14-6-8-15(2)9-10-20-3/h4-10H2,1-3H3,(H,14,19)(H,17,18). The molecule has 0 radical (unpaired) electrons. The Morgan fingerprint density at radius 3 is 2.75 bits per heavy atom. The monoisotopic (exact) mass is 287 g/mol. The Bertz CT molecular complexity index is 351. The Hall–Kier alpha value is -1.34. The van der Waals surface area contributed by atoms with Gasteiger partial charge in [-0.1, -0.05) is 0 Å². The molecule has 1 rings (SSSR count). The Kier molecular flexibility index (Phi) is 6.22. The molecule has 20 heavy (non-hydrogen) atoms. The molecule has 2 amide bonds. The van der Waals surface area contributed by atoms with Crippen molar-refractivity contribution in [3.8, 4) is 0 Å². The van der Waals surface area contributed by atoms with Crippen LogP contribution in [0.2, 0.25) is 0 Å². The van der Waals surface area contributed by atoms with Crippen molar-refractivity contribution in [2.45, 2.75) is 25.3 Å². The van der Waals surface area contributed by atoms with E-state index in [9.17, 15) is 14.7 Å². The van der Waals surface area contributed by atoms with Crippen molar-refractivity contribution in [2.24, 2.45) is 0 Å².